The molecule has 1 aromatic heterocycles. The van der Waals surface area contributed by atoms with Crippen molar-refractivity contribution in [3.8, 4) is 0 Å². The summed E-state index contributed by atoms with van der Waals surface area (Å²) in [6.07, 6.45) is 4.80. The number of aromatic nitrogens is 1. The highest BCUT2D eigenvalue weighted by Gasteiger charge is 2.26. The van der Waals surface area contributed by atoms with Crippen molar-refractivity contribution >= 4 is 11.6 Å². The van der Waals surface area contributed by atoms with E-state index in [1.54, 1.807) is 12.2 Å². The zero-order valence-corrected chi connectivity index (χ0v) is 10.2. The Morgan fingerprint density at radius 1 is 1.53 bits per heavy atom. The van der Waals surface area contributed by atoms with Crippen LogP contribution in [0.4, 0.5) is 8.78 Å². The topological polar surface area (TPSA) is 12.9 Å². The fourth-order valence-electron chi connectivity index (χ4n) is 1.36. The summed E-state index contributed by atoms with van der Waals surface area (Å²) >= 11 is 0. The fourth-order valence-corrected chi connectivity index (χ4v) is 1.36. The van der Waals surface area contributed by atoms with E-state index in [1.807, 2.05) is 13.8 Å². The van der Waals surface area contributed by atoms with Gasteiger partial charge in [0.25, 0.3) is 5.92 Å². The van der Waals surface area contributed by atoms with Crippen LogP contribution in [0.5, 0.6) is 0 Å². The second kappa shape index (κ2) is 5.07. The van der Waals surface area contributed by atoms with Crippen LogP contribution in [0, 0.1) is 0 Å². The molecule has 0 aliphatic rings. The maximum Gasteiger partial charge on any atom is 0.286 e. The first-order chi connectivity index (χ1) is 7.86. The maximum absolute atomic E-state index is 13.2. The molecule has 0 fully saturated rings. The van der Waals surface area contributed by atoms with Gasteiger partial charge in [0.05, 0.1) is 0 Å². The number of rotatable bonds is 3. The first-order valence-electron chi connectivity index (χ1n) is 5.27. The summed E-state index contributed by atoms with van der Waals surface area (Å²) in [5, 5.41) is 0. The number of alkyl halides is 2. The highest BCUT2D eigenvalue weighted by Crippen LogP contribution is 2.28. The smallest absolute Gasteiger partial charge is 0.254 e. The van der Waals surface area contributed by atoms with E-state index in [1.165, 1.54) is 12.3 Å². The first kappa shape index (κ1) is 13.3. The molecule has 0 aromatic carbocycles. The summed E-state index contributed by atoms with van der Waals surface area (Å²) < 4.78 is 26.3. The van der Waals surface area contributed by atoms with E-state index in [4.69, 9.17) is 0 Å². The third-order valence-electron chi connectivity index (χ3n) is 2.25. The lowest BCUT2D eigenvalue weighted by Crippen LogP contribution is -2.10. The molecule has 0 N–H and O–H groups in total. The normalized spacial score (nSPS) is 10.6. The van der Waals surface area contributed by atoms with Gasteiger partial charge in [-0.15, -0.1) is 5.73 Å². The number of hydrogen-bond donors (Lipinski definition) is 0. The van der Waals surface area contributed by atoms with Crippen molar-refractivity contribution in [1.29, 1.82) is 0 Å². The van der Waals surface area contributed by atoms with Crippen LogP contribution in [0.25, 0.3) is 11.6 Å². The van der Waals surface area contributed by atoms with Gasteiger partial charge in [-0.2, -0.15) is 8.78 Å². The molecule has 1 nitrogen and oxygen atoms in total. The largest absolute Gasteiger partial charge is 0.286 e. The van der Waals surface area contributed by atoms with Crippen LogP contribution < -0.4 is 0 Å². The molecule has 17 heavy (non-hydrogen) atoms. The van der Waals surface area contributed by atoms with Gasteiger partial charge in [-0.25, -0.2) is 0 Å². The molecule has 90 valence electrons. The second-order valence-corrected chi connectivity index (χ2v) is 3.93. The number of nitrogens with zero attached hydrogens (tertiary/aromatic N) is 1. The molecule has 1 aromatic rings. The molecule has 0 amide bonds. The third-order valence-corrected chi connectivity index (χ3v) is 2.25. The first-order valence-corrected chi connectivity index (χ1v) is 5.27. The molecule has 0 aliphatic heterocycles. The van der Waals surface area contributed by atoms with Crippen LogP contribution in [0.1, 0.15) is 37.6 Å². The minimum atomic E-state index is -2.94. The number of allylic oxidation sites excluding steroid dienone is 2. The van der Waals surface area contributed by atoms with E-state index in [9.17, 15) is 8.78 Å². The SMILES string of the molecule is C=C(C)c1cnc(C(C)(F)F)cc1C=C=CC. The van der Waals surface area contributed by atoms with Crippen LogP contribution in [0.3, 0.4) is 0 Å². The molecule has 0 atom stereocenters. The van der Waals surface area contributed by atoms with Gasteiger partial charge in [0, 0.05) is 18.7 Å². The molecular weight excluding hydrogens is 220 g/mol. The van der Waals surface area contributed by atoms with E-state index in [0.717, 1.165) is 18.1 Å². The minimum Gasteiger partial charge on any atom is -0.254 e. The fraction of sp³-hybridized carbons (Fsp3) is 0.286. The van der Waals surface area contributed by atoms with E-state index in [2.05, 4.69) is 17.3 Å². The van der Waals surface area contributed by atoms with Crippen molar-refractivity contribution in [2.45, 2.75) is 26.7 Å². The van der Waals surface area contributed by atoms with Crippen LogP contribution >= 0.6 is 0 Å². The lowest BCUT2D eigenvalue weighted by Gasteiger charge is -2.12. The van der Waals surface area contributed by atoms with Crippen LogP contribution in [-0.2, 0) is 5.92 Å². The molecule has 3 heteroatoms. The highest BCUT2D eigenvalue weighted by molar-refractivity contribution is 5.71. The summed E-state index contributed by atoms with van der Waals surface area (Å²) in [6.45, 7) is 8.26. The average Bonchev–Trinajstić information content (AvgIpc) is 2.24. The Bertz CT molecular complexity index is 489. The summed E-state index contributed by atoms with van der Waals surface area (Å²) in [6, 6.07) is 1.38. The summed E-state index contributed by atoms with van der Waals surface area (Å²) in [5.74, 6) is -2.94. The zero-order valence-electron chi connectivity index (χ0n) is 10.2. The van der Waals surface area contributed by atoms with Crippen molar-refractivity contribution in [1.82, 2.24) is 4.98 Å². The van der Waals surface area contributed by atoms with Gasteiger partial charge in [0.1, 0.15) is 5.69 Å². The van der Waals surface area contributed by atoms with Crippen molar-refractivity contribution < 1.29 is 8.78 Å². The van der Waals surface area contributed by atoms with Crippen LogP contribution in [0.15, 0.2) is 30.6 Å². The van der Waals surface area contributed by atoms with E-state index < -0.39 is 5.92 Å². The van der Waals surface area contributed by atoms with Gasteiger partial charge < -0.3 is 0 Å². The van der Waals surface area contributed by atoms with E-state index in [-0.39, 0.29) is 5.69 Å². The van der Waals surface area contributed by atoms with Crippen molar-refractivity contribution in [3.05, 3.63) is 47.5 Å². The van der Waals surface area contributed by atoms with Gasteiger partial charge in [-0.05, 0) is 43.2 Å². The Kier molecular flexibility index (Phi) is 3.97. The molecular formula is C14H15F2N. The van der Waals surface area contributed by atoms with Gasteiger partial charge in [0.2, 0.25) is 0 Å². The Labute approximate surface area is 100 Å². The number of halogens is 2. The summed E-state index contributed by atoms with van der Waals surface area (Å²) in [4.78, 5) is 3.77. The Morgan fingerprint density at radius 2 is 2.18 bits per heavy atom. The summed E-state index contributed by atoms with van der Waals surface area (Å²) in [7, 11) is 0. The van der Waals surface area contributed by atoms with Gasteiger partial charge >= 0.3 is 0 Å². The van der Waals surface area contributed by atoms with Crippen molar-refractivity contribution in [2.75, 3.05) is 0 Å². The van der Waals surface area contributed by atoms with E-state index in [0.29, 0.717) is 5.56 Å². The lowest BCUT2D eigenvalue weighted by molar-refractivity contribution is 0.0127. The molecule has 0 aliphatic carbocycles. The van der Waals surface area contributed by atoms with Crippen LogP contribution in [-0.4, -0.2) is 4.98 Å². The van der Waals surface area contributed by atoms with E-state index >= 15 is 0 Å². The van der Waals surface area contributed by atoms with Crippen molar-refractivity contribution in [3.63, 3.8) is 0 Å². The molecule has 0 bridgehead atoms. The molecule has 1 rings (SSSR count). The minimum absolute atomic E-state index is 0.244. The Hall–Kier alpha value is -1.73. The maximum atomic E-state index is 13.2. The predicted molar refractivity (Wildman–Crippen MR) is 66.7 cm³/mol. The zero-order chi connectivity index (χ0) is 13.1. The molecule has 0 unspecified atom stereocenters. The van der Waals surface area contributed by atoms with Crippen molar-refractivity contribution in [2.24, 2.45) is 0 Å². The predicted octanol–water partition coefficient (Wildman–Crippen LogP) is 4.41. The number of hydrogen-bond acceptors (Lipinski definition) is 1. The van der Waals surface area contributed by atoms with Crippen LogP contribution in [0.2, 0.25) is 0 Å². The molecule has 0 saturated heterocycles. The van der Waals surface area contributed by atoms with Gasteiger partial charge in [-0.1, -0.05) is 6.58 Å². The third kappa shape index (κ3) is 3.36. The lowest BCUT2D eigenvalue weighted by atomic mass is 10.0. The molecule has 1 heterocycles. The monoisotopic (exact) mass is 235 g/mol. The standard InChI is InChI=1S/C14H15F2N/c1-5-6-7-11-8-13(14(4,15)16)17-9-12(11)10(2)3/h5,7-9H,2H2,1,3-4H3. The molecule has 0 radical (unpaired) electrons. The second-order valence-electron chi connectivity index (χ2n) is 3.93. The van der Waals surface area contributed by atoms with Gasteiger partial charge in [0.15, 0.2) is 0 Å². The Balaban J connectivity index is 3.39. The Morgan fingerprint density at radius 3 is 2.65 bits per heavy atom. The molecule has 0 saturated carbocycles. The molecule has 0 spiro atoms. The quantitative estimate of drug-likeness (QED) is 0.707. The summed E-state index contributed by atoms with van der Waals surface area (Å²) in [5.41, 5.74) is 4.83. The average molecular weight is 235 g/mol. The number of pyridine rings is 1. The van der Waals surface area contributed by atoms with Gasteiger partial charge in [-0.3, -0.25) is 4.98 Å². The highest BCUT2D eigenvalue weighted by atomic mass is 19.3.